The van der Waals surface area contributed by atoms with E-state index < -0.39 is 17.7 Å². The van der Waals surface area contributed by atoms with E-state index in [9.17, 15) is 8.78 Å². The van der Waals surface area contributed by atoms with Crippen LogP contribution in [0.3, 0.4) is 0 Å². The average molecular weight is 324 g/mol. The van der Waals surface area contributed by atoms with Crippen LogP contribution >= 0.6 is 11.6 Å². The predicted molar refractivity (Wildman–Crippen MR) is 84.6 cm³/mol. The number of anilines is 2. The molecule has 1 unspecified atom stereocenters. The number of aryl methyl sites for hydroxylation is 1. The molecule has 116 valence electrons. The van der Waals surface area contributed by atoms with E-state index in [0.29, 0.717) is 13.1 Å². The Morgan fingerprint density at radius 1 is 1.32 bits per heavy atom. The molecular formula is C16H16ClF2N3. The molecule has 1 aromatic heterocycles. The van der Waals surface area contributed by atoms with Gasteiger partial charge in [0.05, 0.1) is 16.8 Å². The lowest BCUT2D eigenvalue weighted by Crippen LogP contribution is -2.37. The molecule has 0 saturated heterocycles. The number of pyridine rings is 1. The van der Waals surface area contributed by atoms with Gasteiger partial charge in [-0.2, -0.15) is 0 Å². The van der Waals surface area contributed by atoms with Crippen molar-refractivity contribution in [2.45, 2.75) is 19.9 Å². The van der Waals surface area contributed by atoms with Gasteiger partial charge in [0.25, 0.3) is 0 Å². The molecule has 1 N–H and O–H groups in total. The molecule has 0 spiro atoms. The molecule has 22 heavy (non-hydrogen) atoms. The SMILES string of the molecule is Cc1cnc2c(c1)N(C(C)c1c(F)ccc(F)c1Cl)CCN2. The Morgan fingerprint density at radius 3 is 2.82 bits per heavy atom. The van der Waals surface area contributed by atoms with Crippen LogP contribution in [0.25, 0.3) is 0 Å². The number of aromatic nitrogens is 1. The predicted octanol–water partition coefficient (Wildman–Crippen LogP) is 4.31. The lowest BCUT2D eigenvalue weighted by atomic mass is 10.0. The Morgan fingerprint density at radius 2 is 2.05 bits per heavy atom. The summed E-state index contributed by atoms with van der Waals surface area (Å²) < 4.78 is 27.9. The van der Waals surface area contributed by atoms with Gasteiger partial charge < -0.3 is 10.2 Å². The van der Waals surface area contributed by atoms with E-state index in [1.54, 1.807) is 6.20 Å². The normalized spacial score (nSPS) is 15.2. The van der Waals surface area contributed by atoms with Crippen LogP contribution in [0.15, 0.2) is 24.4 Å². The summed E-state index contributed by atoms with van der Waals surface area (Å²) in [4.78, 5) is 6.35. The molecule has 1 atom stereocenters. The van der Waals surface area contributed by atoms with Gasteiger partial charge in [-0.3, -0.25) is 0 Å². The number of hydrogen-bond acceptors (Lipinski definition) is 3. The van der Waals surface area contributed by atoms with Gasteiger partial charge in [0.2, 0.25) is 0 Å². The Labute approximate surface area is 132 Å². The minimum Gasteiger partial charge on any atom is -0.367 e. The third-order valence-corrected chi connectivity index (χ3v) is 4.31. The van der Waals surface area contributed by atoms with Crippen molar-refractivity contribution in [2.75, 3.05) is 23.3 Å². The lowest BCUT2D eigenvalue weighted by molar-refractivity contribution is 0.556. The van der Waals surface area contributed by atoms with Crippen LogP contribution < -0.4 is 10.2 Å². The maximum absolute atomic E-state index is 14.2. The Hall–Kier alpha value is -1.88. The molecule has 2 heterocycles. The fourth-order valence-corrected chi connectivity index (χ4v) is 3.12. The number of hydrogen-bond donors (Lipinski definition) is 1. The number of rotatable bonds is 2. The van der Waals surface area contributed by atoms with Crippen molar-refractivity contribution in [1.82, 2.24) is 4.98 Å². The second kappa shape index (κ2) is 5.72. The van der Waals surface area contributed by atoms with E-state index in [4.69, 9.17) is 11.6 Å². The van der Waals surface area contributed by atoms with Crippen molar-refractivity contribution in [3.8, 4) is 0 Å². The van der Waals surface area contributed by atoms with E-state index in [0.717, 1.165) is 29.2 Å². The van der Waals surface area contributed by atoms with Gasteiger partial charge in [0.15, 0.2) is 0 Å². The third kappa shape index (κ3) is 2.50. The highest BCUT2D eigenvalue weighted by Crippen LogP contribution is 2.38. The fourth-order valence-electron chi connectivity index (χ4n) is 2.81. The standard InChI is InChI=1S/C16H16ClF2N3/c1-9-7-13-16(21-8-9)20-5-6-22(13)10(2)14-11(18)3-4-12(19)15(14)17/h3-4,7-8,10H,5-6H2,1-2H3,(H,20,21). The smallest absolute Gasteiger partial charge is 0.149 e. The van der Waals surface area contributed by atoms with Crippen LogP contribution in [0.4, 0.5) is 20.3 Å². The van der Waals surface area contributed by atoms with Crippen molar-refractivity contribution in [3.05, 3.63) is 52.2 Å². The van der Waals surface area contributed by atoms with Crippen LogP contribution in [-0.2, 0) is 0 Å². The summed E-state index contributed by atoms with van der Waals surface area (Å²) in [7, 11) is 0. The molecule has 1 aliphatic rings. The first-order valence-electron chi connectivity index (χ1n) is 7.09. The van der Waals surface area contributed by atoms with Gasteiger partial charge in [-0.25, -0.2) is 13.8 Å². The zero-order valence-corrected chi connectivity index (χ0v) is 13.1. The van der Waals surface area contributed by atoms with Crippen LogP contribution in [0.1, 0.15) is 24.1 Å². The van der Waals surface area contributed by atoms with Gasteiger partial charge in [0.1, 0.15) is 17.5 Å². The summed E-state index contributed by atoms with van der Waals surface area (Å²) >= 11 is 6.00. The first-order valence-corrected chi connectivity index (χ1v) is 7.47. The minimum atomic E-state index is -0.609. The minimum absolute atomic E-state index is 0.159. The van der Waals surface area contributed by atoms with Gasteiger partial charge >= 0.3 is 0 Å². The summed E-state index contributed by atoms with van der Waals surface area (Å²) in [5.74, 6) is -0.362. The monoisotopic (exact) mass is 323 g/mol. The van der Waals surface area contributed by atoms with Crippen molar-refractivity contribution < 1.29 is 8.78 Å². The second-order valence-corrected chi connectivity index (χ2v) is 5.81. The van der Waals surface area contributed by atoms with Crippen molar-refractivity contribution in [1.29, 1.82) is 0 Å². The topological polar surface area (TPSA) is 28.2 Å². The molecular weight excluding hydrogens is 308 g/mol. The maximum Gasteiger partial charge on any atom is 0.149 e. The molecule has 0 radical (unpaired) electrons. The van der Waals surface area contributed by atoms with E-state index in [1.165, 1.54) is 0 Å². The number of fused-ring (bicyclic) bond motifs is 1. The van der Waals surface area contributed by atoms with Crippen molar-refractivity contribution in [3.63, 3.8) is 0 Å². The van der Waals surface area contributed by atoms with Crippen LogP contribution in [-0.4, -0.2) is 18.1 Å². The Bertz CT molecular complexity index is 721. The molecule has 0 saturated carbocycles. The van der Waals surface area contributed by atoms with Crippen LogP contribution in [0.2, 0.25) is 5.02 Å². The quantitative estimate of drug-likeness (QED) is 0.834. The van der Waals surface area contributed by atoms with E-state index in [1.807, 2.05) is 24.8 Å². The molecule has 1 aliphatic heterocycles. The summed E-state index contributed by atoms with van der Waals surface area (Å²) in [6.07, 6.45) is 1.77. The molecule has 2 aromatic rings. The molecule has 3 nitrogen and oxygen atoms in total. The van der Waals surface area contributed by atoms with Crippen LogP contribution in [0.5, 0.6) is 0 Å². The molecule has 3 rings (SSSR count). The van der Waals surface area contributed by atoms with Gasteiger partial charge in [-0.15, -0.1) is 0 Å². The Balaban J connectivity index is 2.06. The van der Waals surface area contributed by atoms with Crippen molar-refractivity contribution in [2.24, 2.45) is 0 Å². The van der Waals surface area contributed by atoms with Gasteiger partial charge in [0, 0.05) is 24.8 Å². The van der Waals surface area contributed by atoms with Gasteiger partial charge in [-0.05, 0) is 37.6 Å². The first-order chi connectivity index (χ1) is 10.5. The third-order valence-electron chi connectivity index (χ3n) is 3.92. The molecule has 6 heteroatoms. The molecule has 0 fully saturated rings. The molecule has 0 bridgehead atoms. The van der Waals surface area contributed by atoms with E-state index in [2.05, 4.69) is 10.3 Å². The zero-order chi connectivity index (χ0) is 15.9. The van der Waals surface area contributed by atoms with E-state index in [-0.39, 0.29) is 10.6 Å². The second-order valence-electron chi connectivity index (χ2n) is 5.43. The highest BCUT2D eigenvalue weighted by Gasteiger charge is 2.27. The molecule has 0 aliphatic carbocycles. The highest BCUT2D eigenvalue weighted by atomic mass is 35.5. The fraction of sp³-hybridized carbons (Fsp3) is 0.312. The zero-order valence-electron chi connectivity index (χ0n) is 12.3. The average Bonchev–Trinajstić information content (AvgIpc) is 2.50. The summed E-state index contributed by atoms with van der Waals surface area (Å²) in [5, 5.41) is 3.05. The van der Waals surface area contributed by atoms with Gasteiger partial charge in [-0.1, -0.05) is 11.6 Å². The lowest BCUT2D eigenvalue weighted by Gasteiger charge is -2.36. The first kappa shape index (κ1) is 15.0. The largest absolute Gasteiger partial charge is 0.367 e. The number of halogens is 3. The summed E-state index contributed by atoms with van der Waals surface area (Å²) in [6.45, 7) is 5.11. The number of nitrogens with zero attached hydrogens (tertiary/aromatic N) is 2. The maximum atomic E-state index is 14.2. The molecule has 1 aromatic carbocycles. The van der Waals surface area contributed by atoms with Crippen molar-refractivity contribution >= 4 is 23.1 Å². The Kier molecular flexibility index (Phi) is 3.91. The summed E-state index contributed by atoms with van der Waals surface area (Å²) in [6, 6.07) is 3.75. The van der Waals surface area contributed by atoms with E-state index >= 15 is 0 Å². The number of nitrogens with one attached hydrogen (secondary N) is 1. The highest BCUT2D eigenvalue weighted by molar-refractivity contribution is 6.31. The number of benzene rings is 1. The van der Waals surface area contributed by atoms with Crippen LogP contribution in [0, 0.1) is 18.6 Å². The summed E-state index contributed by atoms with van der Waals surface area (Å²) in [5.41, 5.74) is 2.06. The molecule has 0 amide bonds.